The van der Waals surface area contributed by atoms with Gasteiger partial charge in [-0.25, -0.2) is 4.79 Å². The highest BCUT2D eigenvalue weighted by Crippen LogP contribution is 2.34. The van der Waals surface area contributed by atoms with Crippen LogP contribution in [0.4, 0.5) is 5.69 Å². The molecule has 0 radical (unpaired) electrons. The maximum atomic E-state index is 11.0. The number of aromatic carboxylic acids is 1. The smallest absolute Gasteiger partial charge is 0.335 e. The SMILES string of the molecule is Cc1ccc(C)c(Oc2cc(C(=O)O)ccc2N)c1C. The van der Waals surface area contributed by atoms with Crippen molar-refractivity contribution in [1.29, 1.82) is 0 Å². The number of benzene rings is 2. The van der Waals surface area contributed by atoms with Crippen LogP contribution in [0.5, 0.6) is 11.5 Å². The monoisotopic (exact) mass is 271 g/mol. The second-order valence-electron chi connectivity index (χ2n) is 4.81. The summed E-state index contributed by atoms with van der Waals surface area (Å²) < 4.78 is 5.85. The number of carboxylic acid groups (broad SMARTS) is 1. The van der Waals surface area contributed by atoms with Crippen molar-refractivity contribution in [2.24, 2.45) is 0 Å². The van der Waals surface area contributed by atoms with Crippen molar-refractivity contribution in [3.8, 4) is 11.5 Å². The Labute approximate surface area is 117 Å². The summed E-state index contributed by atoms with van der Waals surface area (Å²) in [5.41, 5.74) is 9.53. The molecule has 2 aromatic rings. The van der Waals surface area contributed by atoms with Crippen molar-refractivity contribution >= 4 is 11.7 Å². The molecule has 4 heteroatoms. The van der Waals surface area contributed by atoms with E-state index < -0.39 is 5.97 Å². The van der Waals surface area contributed by atoms with Crippen molar-refractivity contribution in [2.75, 3.05) is 5.73 Å². The van der Waals surface area contributed by atoms with Crippen LogP contribution < -0.4 is 10.5 Å². The molecule has 0 unspecified atom stereocenters. The molecule has 104 valence electrons. The first kappa shape index (κ1) is 13.9. The minimum atomic E-state index is -1.01. The molecule has 0 aliphatic rings. The van der Waals surface area contributed by atoms with E-state index in [9.17, 15) is 4.79 Å². The number of anilines is 1. The lowest BCUT2D eigenvalue weighted by Gasteiger charge is -2.15. The van der Waals surface area contributed by atoms with Gasteiger partial charge in [0.05, 0.1) is 11.3 Å². The molecule has 4 nitrogen and oxygen atoms in total. The second kappa shape index (κ2) is 5.25. The molecule has 2 aromatic carbocycles. The van der Waals surface area contributed by atoms with E-state index in [1.807, 2.05) is 32.9 Å². The zero-order chi connectivity index (χ0) is 14.9. The van der Waals surface area contributed by atoms with Gasteiger partial charge in [0.1, 0.15) is 5.75 Å². The van der Waals surface area contributed by atoms with Crippen LogP contribution in [0.2, 0.25) is 0 Å². The standard InChI is InChI=1S/C16H17NO3/c1-9-4-5-10(2)15(11(9)3)20-14-8-12(16(18)19)6-7-13(14)17/h4-8H,17H2,1-3H3,(H,18,19). The number of hydrogen-bond donors (Lipinski definition) is 2. The topological polar surface area (TPSA) is 72.5 Å². The Morgan fingerprint density at radius 3 is 2.40 bits per heavy atom. The summed E-state index contributed by atoms with van der Waals surface area (Å²) in [4.78, 5) is 11.0. The molecule has 20 heavy (non-hydrogen) atoms. The van der Waals surface area contributed by atoms with Gasteiger partial charge in [-0.2, -0.15) is 0 Å². The lowest BCUT2D eigenvalue weighted by atomic mass is 10.1. The predicted molar refractivity (Wildman–Crippen MR) is 78.5 cm³/mol. The van der Waals surface area contributed by atoms with Gasteiger partial charge in [-0.15, -0.1) is 0 Å². The Bertz CT molecular complexity index is 678. The molecule has 0 aliphatic carbocycles. The van der Waals surface area contributed by atoms with Gasteiger partial charge in [-0.1, -0.05) is 12.1 Å². The fraction of sp³-hybridized carbons (Fsp3) is 0.188. The number of nitrogens with two attached hydrogens (primary N) is 1. The summed E-state index contributed by atoms with van der Waals surface area (Å²) in [5, 5.41) is 9.02. The van der Waals surface area contributed by atoms with Crippen molar-refractivity contribution < 1.29 is 14.6 Å². The molecule has 0 saturated heterocycles. The first-order chi connectivity index (χ1) is 9.40. The lowest BCUT2D eigenvalue weighted by Crippen LogP contribution is -2.01. The molecule has 0 heterocycles. The van der Waals surface area contributed by atoms with Crippen LogP contribution in [-0.4, -0.2) is 11.1 Å². The van der Waals surface area contributed by atoms with Crippen LogP contribution >= 0.6 is 0 Å². The van der Waals surface area contributed by atoms with Gasteiger partial charge in [-0.3, -0.25) is 0 Å². The van der Waals surface area contributed by atoms with Crippen molar-refractivity contribution in [1.82, 2.24) is 0 Å². The third-order valence-electron chi connectivity index (χ3n) is 3.35. The Kier molecular flexibility index (Phi) is 3.66. The van der Waals surface area contributed by atoms with Crippen LogP contribution in [0, 0.1) is 20.8 Å². The number of ether oxygens (including phenoxy) is 1. The van der Waals surface area contributed by atoms with Crippen LogP contribution in [-0.2, 0) is 0 Å². The van der Waals surface area contributed by atoms with Gasteiger partial charge in [0.2, 0.25) is 0 Å². The average Bonchev–Trinajstić information content (AvgIpc) is 2.41. The average molecular weight is 271 g/mol. The molecule has 0 atom stereocenters. The molecule has 0 aliphatic heterocycles. The molecular weight excluding hydrogens is 254 g/mol. The summed E-state index contributed by atoms with van der Waals surface area (Å²) in [5.74, 6) is 0.0773. The zero-order valence-corrected chi connectivity index (χ0v) is 11.7. The quantitative estimate of drug-likeness (QED) is 0.835. The fourth-order valence-electron chi connectivity index (χ4n) is 1.95. The van der Waals surface area contributed by atoms with E-state index in [0.717, 1.165) is 22.4 Å². The van der Waals surface area contributed by atoms with Crippen molar-refractivity contribution in [3.63, 3.8) is 0 Å². The lowest BCUT2D eigenvalue weighted by molar-refractivity contribution is 0.0696. The summed E-state index contributed by atoms with van der Waals surface area (Å²) in [6, 6.07) is 8.43. The maximum Gasteiger partial charge on any atom is 0.335 e. The molecule has 0 fully saturated rings. The van der Waals surface area contributed by atoms with Gasteiger partial charge in [0.15, 0.2) is 5.75 Å². The Morgan fingerprint density at radius 2 is 1.75 bits per heavy atom. The fourth-order valence-corrected chi connectivity index (χ4v) is 1.95. The third kappa shape index (κ3) is 2.59. The van der Waals surface area contributed by atoms with E-state index in [4.69, 9.17) is 15.6 Å². The summed E-state index contributed by atoms with van der Waals surface area (Å²) in [7, 11) is 0. The molecule has 0 spiro atoms. The van der Waals surface area contributed by atoms with Gasteiger partial charge in [-0.05, 0) is 55.7 Å². The van der Waals surface area contributed by atoms with Gasteiger partial charge in [0.25, 0.3) is 0 Å². The second-order valence-corrected chi connectivity index (χ2v) is 4.81. The van der Waals surface area contributed by atoms with Crippen LogP contribution in [0.15, 0.2) is 30.3 Å². The third-order valence-corrected chi connectivity index (χ3v) is 3.35. The van der Waals surface area contributed by atoms with E-state index in [2.05, 4.69) is 0 Å². The largest absolute Gasteiger partial charge is 0.478 e. The highest BCUT2D eigenvalue weighted by atomic mass is 16.5. The van der Waals surface area contributed by atoms with Crippen molar-refractivity contribution in [3.05, 3.63) is 52.6 Å². The molecule has 3 N–H and O–H groups in total. The van der Waals surface area contributed by atoms with Crippen molar-refractivity contribution in [2.45, 2.75) is 20.8 Å². The Balaban J connectivity index is 2.47. The summed E-state index contributed by atoms with van der Waals surface area (Å²) >= 11 is 0. The van der Waals surface area contributed by atoms with Crippen LogP contribution in [0.1, 0.15) is 27.0 Å². The Hall–Kier alpha value is -2.49. The number of nitrogen functional groups attached to an aromatic ring is 1. The zero-order valence-electron chi connectivity index (χ0n) is 11.7. The van der Waals surface area contributed by atoms with Crippen LogP contribution in [0.3, 0.4) is 0 Å². The highest BCUT2D eigenvalue weighted by molar-refractivity contribution is 5.89. The highest BCUT2D eigenvalue weighted by Gasteiger charge is 2.12. The number of rotatable bonds is 3. The van der Waals surface area contributed by atoms with Crippen LogP contribution in [0.25, 0.3) is 0 Å². The first-order valence-electron chi connectivity index (χ1n) is 6.27. The van der Waals surface area contributed by atoms with E-state index in [1.165, 1.54) is 12.1 Å². The molecule has 0 saturated carbocycles. The molecular formula is C16H17NO3. The van der Waals surface area contributed by atoms with E-state index in [1.54, 1.807) is 6.07 Å². The number of aryl methyl sites for hydroxylation is 2. The van der Waals surface area contributed by atoms with E-state index in [0.29, 0.717) is 11.4 Å². The maximum absolute atomic E-state index is 11.0. The molecule has 0 aromatic heterocycles. The minimum Gasteiger partial charge on any atom is -0.478 e. The molecule has 0 bridgehead atoms. The van der Waals surface area contributed by atoms with Gasteiger partial charge < -0.3 is 15.6 Å². The summed E-state index contributed by atoms with van der Waals surface area (Å²) in [6.07, 6.45) is 0. The summed E-state index contributed by atoms with van der Waals surface area (Å²) in [6.45, 7) is 5.91. The minimum absolute atomic E-state index is 0.150. The van der Waals surface area contributed by atoms with E-state index >= 15 is 0 Å². The van der Waals surface area contributed by atoms with Gasteiger partial charge in [0, 0.05) is 0 Å². The number of carboxylic acids is 1. The molecule has 2 rings (SSSR count). The number of hydrogen-bond acceptors (Lipinski definition) is 3. The number of carbonyl (C=O) groups is 1. The normalized spacial score (nSPS) is 10.3. The first-order valence-corrected chi connectivity index (χ1v) is 6.27. The molecule has 0 amide bonds. The predicted octanol–water partition coefficient (Wildman–Crippen LogP) is 3.68. The Morgan fingerprint density at radius 1 is 1.10 bits per heavy atom. The van der Waals surface area contributed by atoms with E-state index in [-0.39, 0.29) is 5.56 Å². The van der Waals surface area contributed by atoms with Gasteiger partial charge >= 0.3 is 5.97 Å².